The molecule has 1 unspecified atom stereocenters. The van der Waals surface area contributed by atoms with Gasteiger partial charge in [0, 0.05) is 11.8 Å². The van der Waals surface area contributed by atoms with E-state index in [4.69, 9.17) is 0 Å². The number of benzene rings is 1. The van der Waals surface area contributed by atoms with Crippen molar-refractivity contribution >= 4 is 29.4 Å². The fourth-order valence-corrected chi connectivity index (χ4v) is 3.41. The highest BCUT2D eigenvalue weighted by atomic mass is 19.1. The number of amides is 2. The van der Waals surface area contributed by atoms with Crippen LogP contribution in [0.25, 0.3) is 0 Å². The summed E-state index contributed by atoms with van der Waals surface area (Å²) < 4.78 is 13.6. The van der Waals surface area contributed by atoms with Gasteiger partial charge in [-0.1, -0.05) is 17.7 Å². The van der Waals surface area contributed by atoms with Gasteiger partial charge in [-0.2, -0.15) is 0 Å². The van der Waals surface area contributed by atoms with Gasteiger partial charge >= 0.3 is 5.97 Å². The summed E-state index contributed by atoms with van der Waals surface area (Å²) in [5.74, 6) is -2.41. The van der Waals surface area contributed by atoms with Gasteiger partial charge in [-0.05, 0) is 19.1 Å². The van der Waals surface area contributed by atoms with E-state index in [0.717, 1.165) is 5.56 Å². The van der Waals surface area contributed by atoms with Crippen LogP contribution in [0.2, 0.25) is 0 Å². The number of guanidine groups is 1. The van der Waals surface area contributed by atoms with E-state index in [1.54, 1.807) is 19.1 Å². The minimum atomic E-state index is -1.47. The molecular formula is C23H27FN6O6. The number of phenolic OH excluding ortho intramolecular Hbond substituents is 1. The van der Waals surface area contributed by atoms with E-state index in [0.29, 0.717) is 5.69 Å². The Morgan fingerprint density at radius 1 is 1.25 bits per heavy atom. The maximum Gasteiger partial charge on any atom is 0.305 e. The van der Waals surface area contributed by atoms with Gasteiger partial charge in [0.25, 0.3) is 5.91 Å². The van der Waals surface area contributed by atoms with Gasteiger partial charge in [0.05, 0.1) is 49.5 Å². The van der Waals surface area contributed by atoms with Crippen LogP contribution < -0.4 is 21.3 Å². The molecule has 192 valence electrons. The molecule has 1 aliphatic heterocycles. The van der Waals surface area contributed by atoms with Crippen molar-refractivity contribution in [1.82, 2.24) is 20.9 Å². The molecule has 2 heterocycles. The first-order chi connectivity index (χ1) is 17.1. The van der Waals surface area contributed by atoms with Crippen molar-refractivity contribution in [3.63, 3.8) is 0 Å². The number of carbonyl (C=O) groups excluding carboxylic acids is 2. The van der Waals surface area contributed by atoms with Crippen LogP contribution in [-0.4, -0.2) is 76.0 Å². The molecule has 7 N–H and O–H groups in total. The molecule has 0 spiro atoms. The number of carboxylic acid groups (broad SMARTS) is 1. The smallest absolute Gasteiger partial charge is 0.305 e. The Labute approximate surface area is 205 Å². The number of pyridine rings is 1. The summed E-state index contributed by atoms with van der Waals surface area (Å²) in [6.07, 6.45) is -0.471. The summed E-state index contributed by atoms with van der Waals surface area (Å²) in [4.78, 5) is 44.3. The Kier molecular flexibility index (Phi) is 8.73. The number of aromatic nitrogens is 1. The largest absolute Gasteiger partial charge is 0.508 e. The average molecular weight is 503 g/mol. The lowest BCUT2D eigenvalue weighted by atomic mass is 10.0. The second-order valence-electron chi connectivity index (χ2n) is 8.20. The van der Waals surface area contributed by atoms with Crippen LogP contribution in [-0.2, 0) is 9.59 Å². The fourth-order valence-electron chi connectivity index (χ4n) is 3.41. The Hall–Kier alpha value is -4.26. The first-order valence-electron chi connectivity index (χ1n) is 11.0. The number of aliphatic hydroxyl groups excluding tert-OH is 1. The van der Waals surface area contributed by atoms with Crippen molar-refractivity contribution in [3.8, 4) is 5.75 Å². The Balaban J connectivity index is 1.60. The number of aliphatic hydroxyl groups is 1. The lowest BCUT2D eigenvalue weighted by Crippen LogP contribution is -2.39. The van der Waals surface area contributed by atoms with Crippen LogP contribution in [0.3, 0.4) is 0 Å². The van der Waals surface area contributed by atoms with Crippen LogP contribution in [0, 0.1) is 6.92 Å². The molecule has 3 rings (SSSR count). The third kappa shape index (κ3) is 7.37. The Morgan fingerprint density at radius 2 is 2.03 bits per heavy atom. The number of anilines is 1. The fraction of sp³-hybridized carbons (Fsp3) is 0.348. The number of aromatic hydroxyl groups is 1. The second kappa shape index (κ2) is 11.9. The zero-order valence-corrected chi connectivity index (χ0v) is 19.4. The first-order valence-corrected chi connectivity index (χ1v) is 11.0. The monoisotopic (exact) mass is 502 g/mol. The van der Waals surface area contributed by atoms with Crippen LogP contribution in [0.5, 0.6) is 5.75 Å². The SMILES string of the molecule is Cc1ccc(O)c(C(CC(=O)O)NC(=O)CNC(=O)c2cncc(NC3=NC[C@@H](O)[C@H](F)CN3)c2)c1. The van der Waals surface area contributed by atoms with Gasteiger partial charge in [-0.15, -0.1) is 0 Å². The molecule has 0 aliphatic carbocycles. The molecule has 12 nitrogen and oxygen atoms in total. The molecule has 2 amide bonds. The van der Waals surface area contributed by atoms with Crippen molar-refractivity contribution in [2.75, 3.05) is 25.0 Å². The number of carboxylic acids is 1. The second-order valence-corrected chi connectivity index (χ2v) is 8.20. The number of phenols is 1. The summed E-state index contributed by atoms with van der Waals surface area (Å²) in [6.45, 7) is 1.03. The minimum Gasteiger partial charge on any atom is -0.508 e. The predicted octanol–water partition coefficient (Wildman–Crippen LogP) is 0.228. The van der Waals surface area contributed by atoms with Crippen LogP contribution >= 0.6 is 0 Å². The number of nitrogens with zero attached hydrogens (tertiary/aromatic N) is 2. The number of nitrogens with one attached hydrogen (secondary N) is 4. The van der Waals surface area contributed by atoms with Gasteiger partial charge < -0.3 is 36.6 Å². The van der Waals surface area contributed by atoms with Gasteiger partial charge in [-0.25, -0.2) is 4.39 Å². The summed E-state index contributed by atoms with van der Waals surface area (Å²) in [7, 11) is 0. The van der Waals surface area contributed by atoms with E-state index in [2.05, 4.69) is 31.2 Å². The number of alkyl halides is 1. The van der Waals surface area contributed by atoms with Crippen molar-refractivity contribution < 1.29 is 34.1 Å². The molecule has 1 aliphatic rings. The van der Waals surface area contributed by atoms with Crippen LogP contribution in [0.1, 0.15) is 33.9 Å². The van der Waals surface area contributed by atoms with E-state index < -0.39 is 49.1 Å². The van der Waals surface area contributed by atoms with Gasteiger partial charge in [-0.3, -0.25) is 24.4 Å². The third-order valence-electron chi connectivity index (χ3n) is 5.26. The van der Waals surface area contributed by atoms with Crippen LogP contribution in [0.4, 0.5) is 10.1 Å². The summed E-state index contributed by atoms with van der Waals surface area (Å²) in [5, 5.41) is 39.4. The number of rotatable bonds is 8. The van der Waals surface area contributed by atoms with E-state index in [-0.39, 0.29) is 35.9 Å². The Bertz CT molecular complexity index is 1160. The highest BCUT2D eigenvalue weighted by molar-refractivity contribution is 5.99. The van der Waals surface area contributed by atoms with E-state index in [1.165, 1.54) is 24.5 Å². The topological polar surface area (TPSA) is 185 Å². The van der Waals surface area contributed by atoms with Crippen LogP contribution in [0.15, 0.2) is 41.7 Å². The van der Waals surface area contributed by atoms with Crippen molar-refractivity contribution in [1.29, 1.82) is 0 Å². The number of hydrogen-bond acceptors (Lipinski definition) is 9. The molecular weight excluding hydrogens is 475 g/mol. The number of halogens is 1. The molecule has 13 heteroatoms. The maximum absolute atomic E-state index is 13.6. The molecule has 0 radical (unpaired) electrons. The zero-order chi connectivity index (χ0) is 26.2. The number of carbonyl (C=O) groups is 3. The Morgan fingerprint density at radius 3 is 2.78 bits per heavy atom. The van der Waals surface area contributed by atoms with Gasteiger partial charge in [0.15, 0.2) is 5.96 Å². The van der Waals surface area contributed by atoms with Crippen molar-refractivity contribution in [2.24, 2.45) is 4.99 Å². The molecule has 1 aromatic heterocycles. The quantitative estimate of drug-likeness (QED) is 0.265. The normalized spacial score (nSPS) is 18.1. The zero-order valence-electron chi connectivity index (χ0n) is 19.4. The van der Waals surface area contributed by atoms with E-state index in [1.807, 2.05) is 0 Å². The minimum absolute atomic E-state index is 0.115. The van der Waals surface area contributed by atoms with E-state index >= 15 is 0 Å². The van der Waals surface area contributed by atoms with Gasteiger partial charge in [0.1, 0.15) is 18.0 Å². The van der Waals surface area contributed by atoms with Crippen molar-refractivity contribution in [2.45, 2.75) is 31.7 Å². The van der Waals surface area contributed by atoms with Crippen molar-refractivity contribution in [3.05, 3.63) is 53.3 Å². The third-order valence-corrected chi connectivity index (χ3v) is 5.26. The number of aliphatic carboxylic acids is 1. The number of hydrogen-bond donors (Lipinski definition) is 7. The first kappa shape index (κ1) is 26.3. The molecule has 1 aromatic carbocycles. The summed E-state index contributed by atoms with van der Waals surface area (Å²) >= 11 is 0. The molecule has 0 fully saturated rings. The molecule has 3 atom stereocenters. The van der Waals surface area contributed by atoms with Gasteiger partial charge in [0.2, 0.25) is 5.91 Å². The molecule has 0 bridgehead atoms. The highest BCUT2D eigenvalue weighted by Crippen LogP contribution is 2.27. The maximum atomic E-state index is 13.6. The van der Waals surface area contributed by atoms with E-state index in [9.17, 15) is 34.1 Å². The summed E-state index contributed by atoms with van der Waals surface area (Å²) in [6, 6.07) is 5.08. The summed E-state index contributed by atoms with van der Waals surface area (Å²) in [5.41, 5.74) is 1.50. The molecule has 0 saturated carbocycles. The predicted molar refractivity (Wildman–Crippen MR) is 127 cm³/mol. The molecule has 36 heavy (non-hydrogen) atoms. The average Bonchev–Trinajstić information content (AvgIpc) is 2.99. The number of aliphatic imine (C=N–C) groups is 1. The molecule has 2 aromatic rings. The number of aryl methyl sites for hydroxylation is 1. The standard InChI is InChI=1S/C23H27FN6O6/c1-12-2-3-18(31)15(4-12)17(6-21(34)35)30-20(33)11-26-22(36)13-5-14(8-25-7-13)29-23-27-9-16(24)19(32)10-28-23/h2-5,7-8,16-17,19,31-32H,6,9-11H2,1H3,(H,26,36)(H,30,33)(H,34,35)(H2,27,28,29)/t16-,17?,19-/m1/s1. The molecule has 0 saturated heterocycles. The lowest BCUT2D eigenvalue weighted by Gasteiger charge is -2.19. The highest BCUT2D eigenvalue weighted by Gasteiger charge is 2.23. The lowest BCUT2D eigenvalue weighted by molar-refractivity contribution is -0.137.